The Morgan fingerprint density at radius 2 is 2.57 bits per heavy atom. The monoisotopic (exact) mass is 226 g/mol. The molecule has 5 heteroatoms. The predicted molar refractivity (Wildman–Crippen MR) is 59.5 cm³/mol. The average Bonchev–Trinajstić information content (AvgIpc) is 2.73. The molecule has 2 aromatic heterocycles. The molecule has 0 N–H and O–H groups in total. The summed E-state index contributed by atoms with van der Waals surface area (Å²) < 4.78 is 1.84. The smallest absolute Gasteiger partial charge is 0.195 e. The molecule has 2 rings (SSSR count). The number of thiazole rings is 1. The van der Waals surface area contributed by atoms with Crippen LogP contribution in [0.5, 0.6) is 0 Å². The predicted octanol–water partition coefficient (Wildman–Crippen LogP) is 2.71. The molecule has 3 nitrogen and oxygen atoms in total. The molecular formula is C9H10N2OS2. The molecule has 0 spiro atoms. The number of carbonyl (C=O) groups is 1. The van der Waals surface area contributed by atoms with Gasteiger partial charge in [-0.05, 0) is 12.2 Å². The molecule has 0 unspecified atom stereocenters. The number of aromatic nitrogens is 2. The van der Waals surface area contributed by atoms with E-state index >= 15 is 0 Å². The molecule has 2 heterocycles. The number of nitrogens with zero attached hydrogens (tertiary/aromatic N) is 2. The van der Waals surface area contributed by atoms with Crippen LogP contribution in [0, 0.1) is 0 Å². The van der Waals surface area contributed by atoms with Crippen LogP contribution in [0.2, 0.25) is 0 Å². The number of fused-ring (bicyclic) bond motifs is 1. The summed E-state index contributed by atoms with van der Waals surface area (Å²) in [6.07, 6.45) is 3.85. The van der Waals surface area contributed by atoms with Crippen molar-refractivity contribution in [3.8, 4) is 0 Å². The number of aldehydes is 1. The number of imidazole rings is 1. The van der Waals surface area contributed by atoms with E-state index in [-0.39, 0.29) is 0 Å². The second kappa shape index (κ2) is 4.14. The summed E-state index contributed by atoms with van der Waals surface area (Å²) in [4.78, 5) is 16.2. The molecule has 0 aromatic carbocycles. The Labute approximate surface area is 90.2 Å². The van der Waals surface area contributed by atoms with Crippen LogP contribution >= 0.6 is 23.1 Å². The molecule has 0 saturated heterocycles. The highest BCUT2D eigenvalue weighted by atomic mass is 32.2. The number of thioether (sulfide) groups is 1. The van der Waals surface area contributed by atoms with Gasteiger partial charge in [-0.3, -0.25) is 9.20 Å². The molecule has 0 aliphatic carbocycles. The van der Waals surface area contributed by atoms with Gasteiger partial charge in [-0.2, -0.15) is 0 Å². The molecular weight excluding hydrogens is 216 g/mol. The van der Waals surface area contributed by atoms with Crippen LogP contribution in [0.4, 0.5) is 0 Å². The van der Waals surface area contributed by atoms with Gasteiger partial charge >= 0.3 is 0 Å². The fourth-order valence-corrected chi connectivity index (χ4v) is 2.82. The highest BCUT2D eigenvalue weighted by molar-refractivity contribution is 7.99. The highest BCUT2D eigenvalue weighted by Gasteiger charge is 2.11. The van der Waals surface area contributed by atoms with Gasteiger partial charge in [0.25, 0.3) is 0 Å². The fourth-order valence-electron chi connectivity index (χ4n) is 1.20. The molecule has 0 fully saturated rings. The van der Waals surface area contributed by atoms with Gasteiger partial charge < -0.3 is 0 Å². The Hall–Kier alpha value is -0.810. The number of carbonyl (C=O) groups excluding carboxylic acids is 1. The van der Waals surface area contributed by atoms with E-state index in [2.05, 4.69) is 11.9 Å². The molecule has 0 bridgehead atoms. The second-order valence-corrected chi connectivity index (χ2v) is 4.78. The van der Waals surface area contributed by atoms with Gasteiger partial charge in [0.05, 0.1) is 0 Å². The van der Waals surface area contributed by atoms with Crippen LogP contribution < -0.4 is 0 Å². The van der Waals surface area contributed by atoms with E-state index in [0.29, 0.717) is 5.69 Å². The lowest BCUT2D eigenvalue weighted by molar-refractivity contribution is 0.111. The molecule has 0 saturated carbocycles. The van der Waals surface area contributed by atoms with Crippen molar-refractivity contribution in [2.45, 2.75) is 18.4 Å². The summed E-state index contributed by atoms with van der Waals surface area (Å²) in [5.74, 6) is 1.01. The van der Waals surface area contributed by atoms with E-state index in [9.17, 15) is 4.79 Å². The van der Waals surface area contributed by atoms with Crippen molar-refractivity contribution in [2.75, 3.05) is 5.75 Å². The number of hydrogen-bond acceptors (Lipinski definition) is 4. The zero-order valence-electron chi connectivity index (χ0n) is 7.77. The van der Waals surface area contributed by atoms with E-state index < -0.39 is 0 Å². The maximum atomic E-state index is 10.9. The minimum atomic E-state index is 0.680. The van der Waals surface area contributed by atoms with Crippen LogP contribution in [0.15, 0.2) is 16.6 Å². The Kier molecular flexibility index (Phi) is 2.88. The first-order valence-corrected chi connectivity index (χ1v) is 6.27. The highest BCUT2D eigenvalue weighted by Crippen LogP contribution is 2.24. The SMILES string of the molecule is CCCSc1nc2sccn2c1C=O. The fraction of sp³-hybridized carbons (Fsp3) is 0.333. The number of hydrogen-bond donors (Lipinski definition) is 0. The standard InChI is InChI=1S/C9H10N2OS2/c1-2-4-13-8-7(6-12)11-3-5-14-9(11)10-8/h3,5-6H,2,4H2,1H3. The molecule has 0 radical (unpaired) electrons. The van der Waals surface area contributed by atoms with Crippen molar-refractivity contribution < 1.29 is 4.79 Å². The van der Waals surface area contributed by atoms with Crippen molar-refractivity contribution in [1.29, 1.82) is 0 Å². The summed E-state index contributed by atoms with van der Waals surface area (Å²) in [5, 5.41) is 2.79. The van der Waals surface area contributed by atoms with Gasteiger partial charge in [-0.25, -0.2) is 4.98 Å². The van der Waals surface area contributed by atoms with E-state index in [0.717, 1.165) is 28.4 Å². The summed E-state index contributed by atoms with van der Waals surface area (Å²) in [6, 6.07) is 0. The summed E-state index contributed by atoms with van der Waals surface area (Å²) in [7, 11) is 0. The van der Waals surface area contributed by atoms with Crippen molar-refractivity contribution in [3.05, 3.63) is 17.3 Å². The first-order chi connectivity index (χ1) is 6.86. The lowest BCUT2D eigenvalue weighted by Crippen LogP contribution is -1.88. The van der Waals surface area contributed by atoms with Crippen molar-refractivity contribution in [3.63, 3.8) is 0 Å². The zero-order valence-corrected chi connectivity index (χ0v) is 9.40. The average molecular weight is 226 g/mol. The number of rotatable bonds is 4. The molecule has 0 atom stereocenters. The van der Waals surface area contributed by atoms with Crippen LogP contribution in [0.3, 0.4) is 0 Å². The van der Waals surface area contributed by atoms with Crippen LogP contribution in [0.25, 0.3) is 4.96 Å². The van der Waals surface area contributed by atoms with Gasteiger partial charge in [0, 0.05) is 11.6 Å². The van der Waals surface area contributed by atoms with Gasteiger partial charge in [-0.1, -0.05) is 6.92 Å². The Morgan fingerprint density at radius 3 is 3.29 bits per heavy atom. The van der Waals surface area contributed by atoms with Crippen molar-refractivity contribution in [2.24, 2.45) is 0 Å². The minimum Gasteiger partial charge on any atom is -0.296 e. The normalized spacial score (nSPS) is 10.9. The quantitative estimate of drug-likeness (QED) is 0.594. The molecule has 2 aromatic rings. The topological polar surface area (TPSA) is 34.4 Å². The summed E-state index contributed by atoms with van der Waals surface area (Å²) >= 11 is 3.20. The third-order valence-electron chi connectivity index (χ3n) is 1.82. The lowest BCUT2D eigenvalue weighted by Gasteiger charge is -1.94. The van der Waals surface area contributed by atoms with Crippen LogP contribution in [-0.2, 0) is 0 Å². The third kappa shape index (κ3) is 1.57. The maximum absolute atomic E-state index is 10.9. The zero-order chi connectivity index (χ0) is 9.97. The van der Waals surface area contributed by atoms with E-state index in [1.54, 1.807) is 23.1 Å². The Bertz CT molecular complexity index is 447. The molecule has 0 aliphatic rings. The first kappa shape index (κ1) is 9.73. The lowest BCUT2D eigenvalue weighted by atomic mass is 10.5. The van der Waals surface area contributed by atoms with Gasteiger partial charge in [0.2, 0.25) is 0 Å². The summed E-state index contributed by atoms with van der Waals surface area (Å²) in [6.45, 7) is 2.12. The first-order valence-electron chi connectivity index (χ1n) is 4.40. The third-order valence-corrected chi connectivity index (χ3v) is 3.76. The van der Waals surface area contributed by atoms with Gasteiger partial charge in [0.15, 0.2) is 11.2 Å². The largest absolute Gasteiger partial charge is 0.296 e. The van der Waals surface area contributed by atoms with Gasteiger partial charge in [0.1, 0.15) is 10.7 Å². The Balaban J connectivity index is 2.42. The van der Waals surface area contributed by atoms with Gasteiger partial charge in [-0.15, -0.1) is 23.1 Å². The minimum absolute atomic E-state index is 0.680. The second-order valence-electron chi connectivity index (χ2n) is 2.82. The van der Waals surface area contributed by atoms with Crippen molar-refractivity contribution in [1.82, 2.24) is 9.38 Å². The van der Waals surface area contributed by atoms with Crippen LogP contribution in [-0.4, -0.2) is 21.4 Å². The van der Waals surface area contributed by atoms with E-state index in [1.165, 1.54) is 0 Å². The van der Waals surface area contributed by atoms with Crippen molar-refractivity contribution >= 4 is 34.3 Å². The Morgan fingerprint density at radius 1 is 1.71 bits per heavy atom. The summed E-state index contributed by atoms with van der Waals surface area (Å²) in [5.41, 5.74) is 0.680. The van der Waals surface area contributed by atoms with Crippen LogP contribution in [0.1, 0.15) is 23.8 Å². The molecule has 0 amide bonds. The van der Waals surface area contributed by atoms with E-state index in [4.69, 9.17) is 0 Å². The molecule has 0 aliphatic heterocycles. The molecule has 74 valence electrons. The maximum Gasteiger partial charge on any atom is 0.195 e. The molecule has 14 heavy (non-hydrogen) atoms. The van der Waals surface area contributed by atoms with E-state index in [1.807, 2.05) is 16.0 Å².